The fourth-order valence-electron chi connectivity index (χ4n) is 2.92. The number of rotatable bonds is 4. The Balaban J connectivity index is 1.69. The van der Waals surface area contributed by atoms with E-state index in [-0.39, 0.29) is 5.91 Å². The van der Waals surface area contributed by atoms with Crippen LogP contribution in [0.25, 0.3) is 6.08 Å². The van der Waals surface area contributed by atoms with E-state index in [0.717, 1.165) is 16.8 Å². The van der Waals surface area contributed by atoms with Gasteiger partial charge in [0.1, 0.15) is 0 Å². The lowest BCUT2D eigenvalue weighted by Crippen LogP contribution is -2.28. The quantitative estimate of drug-likeness (QED) is 0.533. The van der Waals surface area contributed by atoms with Crippen molar-refractivity contribution in [2.75, 3.05) is 0 Å². The highest BCUT2D eigenvalue weighted by Gasteiger charge is 2.33. The van der Waals surface area contributed by atoms with E-state index in [1.807, 2.05) is 78.9 Å². The predicted molar refractivity (Wildman–Crippen MR) is 117 cm³/mol. The molecule has 1 amide bonds. The molecule has 0 radical (unpaired) electrons. The fraction of sp³-hybridized carbons (Fsp3) is 0.0833. The van der Waals surface area contributed by atoms with Crippen LogP contribution in [0.5, 0.6) is 0 Å². The number of carbonyl (C=O) groups is 1. The minimum Gasteiger partial charge on any atom is -0.282 e. The van der Waals surface area contributed by atoms with E-state index in [4.69, 9.17) is 4.99 Å². The molecule has 4 heteroatoms. The normalized spacial score (nSPS) is 16.9. The minimum absolute atomic E-state index is 0.0101. The van der Waals surface area contributed by atoms with Crippen molar-refractivity contribution in [2.45, 2.75) is 13.5 Å². The minimum atomic E-state index is -0.0101. The molecule has 0 aromatic heterocycles. The highest BCUT2D eigenvalue weighted by molar-refractivity contribution is 8.18. The summed E-state index contributed by atoms with van der Waals surface area (Å²) < 4.78 is 0. The third-order valence-electron chi connectivity index (χ3n) is 4.43. The lowest BCUT2D eigenvalue weighted by Gasteiger charge is -2.15. The average Bonchev–Trinajstić information content (AvgIpc) is 3.00. The molecule has 3 aromatic carbocycles. The lowest BCUT2D eigenvalue weighted by atomic mass is 10.1. The zero-order chi connectivity index (χ0) is 19.3. The topological polar surface area (TPSA) is 32.7 Å². The summed E-state index contributed by atoms with van der Waals surface area (Å²) in [5.74, 6) is -0.0101. The molecular formula is C24H20N2OS. The van der Waals surface area contributed by atoms with Gasteiger partial charge in [-0.3, -0.25) is 9.69 Å². The summed E-state index contributed by atoms with van der Waals surface area (Å²) >= 11 is 1.43. The van der Waals surface area contributed by atoms with Crippen LogP contribution in [0.15, 0.2) is 94.8 Å². The zero-order valence-electron chi connectivity index (χ0n) is 15.6. The molecule has 138 valence electrons. The molecule has 1 heterocycles. The third kappa shape index (κ3) is 4.24. The van der Waals surface area contributed by atoms with E-state index in [9.17, 15) is 4.79 Å². The van der Waals surface area contributed by atoms with Gasteiger partial charge in [0, 0.05) is 0 Å². The number of amidine groups is 1. The first-order valence-electron chi connectivity index (χ1n) is 9.15. The zero-order valence-corrected chi connectivity index (χ0v) is 16.4. The van der Waals surface area contributed by atoms with Crippen LogP contribution in [-0.4, -0.2) is 16.0 Å². The Kier molecular flexibility index (Phi) is 5.40. The summed E-state index contributed by atoms with van der Waals surface area (Å²) in [5, 5.41) is 0.707. The smallest absolute Gasteiger partial charge is 0.267 e. The molecule has 0 spiro atoms. The Hall–Kier alpha value is -3.11. The Bertz CT molecular complexity index is 1030. The number of aryl methyl sites for hydroxylation is 1. The van der Waals surface area contributed by atoms with Gasteiger partial charge in [0.25, 0.3) is 5.91 Å². The van der Waals surface area contributed by atoms with Crippen LogP contribution in [0.2, 0.25) is 0 Å². The number of carbonyl (C=O) groups excluding carboxylic acids is 1. The van der Waals surface area contributed by atoms with Crippen LogP contribution in [0.1, 0.15) is 16.7 Å². The second-order valence-corrected chi connectivity index (χ2v) is 7.64. The third-order valence-corrected chi connectivity index (χ3v) is 5.43. The van der Waals surface area contributed by atoms with Gasteiger partial charge >= 0.3 is 0 Å². The molecule has 1 fully saturated rings. The number of hydrogen-bond acceptors (Lipinski definition) is 3. The van der Waals surface area contributed by atoms with Crippen molar-refractivity contribution in [3.05, 3.63) is 107 Å². The number of benzene rings is 3. The van der Waals surface area contributed by atoms with Gasteiger partial charge in [-0.25, -0.2) is 4.99 Å². The summed E-state index contributed by atoms with van der Waals surface area (Å²) in [7, 11) is 0. The fourth-order valence-corrected chi connectivity index (χ4v) is 3.92. The highest BCUT2D eigenvalue weighted by Crippen LogP contribution is 2.35. The summed E-state index contributed by atoms with van der Waals surface area (Å²) in [5.41, 5.74) is 4.13. The molecule has 3 aromatic rings. The summed E-state index contributed by atoms with van der Waals surface area (Å²) in [6.45, 7) is 2.56. The molecule has 3 nitrogen and oxygen atoms in total. The SMILES string of the molecule is Cc1ccc(/C=C2/SC(=Nc3ccccc3)N(Cc3ccccc3)C2=O)cc1. The summed E-state index contributed by atoms with van der Waals surface area (Å²) in [6.07, 6.45) is 1.94. The van der Waals surface area contributed by atoms with Crippen LogP contribution in [0.4, 0.5) is 5.69 Å². The Morgan fingerprint density at radius 1 is 0.893 bits per heavy atom. The van der Waals surface area contributed by atoms with E-state index in [2.05, 4.69) is 19.1 Å². The molecule has 0 unspecified atom stereocenters. The van der Waals surface area contributed by atoms with Crippen molar-refractivity contribution in [1.82, 2.24) is 4.90 Å². The maximum atomic E-state index is 13.1. The average molecular weight is 385 g/mol. The molecule has 0 bridgehead atoms. The predicted octanol–water partition coefficient (Wildman–Crippen LogP) is 5.80. The second kappa shape index (κ2) is 8.28. The maximum absolute atomic E-state index is 13.1. The van der Waals surface area contributed by atoms with Crippen LogP contribution in [0, 0.1) is 6.92 Å². The Labute approximate surface area is 169 Å². The molecule has 0 saturated carbocycles. The summed E-state index contributed by atoms with van der Waals surface area (Å²) in [4.78, 5) is 20.3. The first-order chi connectivity index (χ1) is 13.7. The Morgan fingerprint density at radius 2 is 1.54 bits per heavy atom. The van der Waals surface area contributed by atoms with Gasteiger partial charge < -0.3 is 0 Å². The molecule has 0 atom stereocenters. The van der Waals surface area contributed by atoms with Gasteiger partial charge in [-0.05, 0) is 48.0 Å². The van der Waals surface area contributed by atoms with E-state index < -0.39 is 0 Å². The lowest BCUT2D eigenvalue weighted by molar-refractivity contribution is -0.122. The Morgan fingerprint density at radius 3 is 2.21 bits per heavy atom. The molecule has 0 aliphatic carbocycles. The van der Waals surface area contributed by atoms with Gasteiger partial charge in [-0.15, -0.1) is 0 Å². The van der Waals surface area contributed by atoms with Crippen LogP contribution in [0.3, 0.4) is 0 Å². The molecule has 1 aliphatic heterocycles. The standard InChI is InChI=1S/C24H20N2OS/c1-18-12-14-19(15-13-18)16-22-23(27)26(17-20-8-4-2-5-9-20)24(28-22)25-21-10-6-3-7-11-21/h2-16H,17H2,1H3/b22-16+,25-24?. The number of amides is 1. The van der Waals surface area contributed by atoms with Crippen molar-refractivity contribution >= 4 is 34.6 Å². The van der Waals surface area contributed by atoms with Crippen molar-refractivity contribution in [3.63, 3.8) is 0 Å². The van der Waals surface area contributed by atoms with Crippen molar-refractivity contribution < 1.29 is 4.79 Å². The van der Waals surface area contributed by atoms with Crippen LogP contribution >= 0.6 is 11.8 Å². The largest absolute Gasteiger partial charge is 0.282 e. The molecule has 4 rings (SSSR count). The molecule has 1 aliphatic rings. The van der Waals surface area contributed by atoms with Gasteiger partial charge in [-0.1, -0.05) is 78.4 Å². The number of hydrogen-bond donors (Lipinski definition) is 0. The highest BCUT2D eigenvalue weighted by atomic mass is 32.2. The number of thioether (sulfide) groups is 1. The van der Waals surface area contributed by atoms with E-state index in [0.29, 0.717) is 16.6 Å². The van der Waals surface area contributed by atoms with Crippen LogP contribution < -0.4 is 0 Å². The van der Waals surface area contributed by atoms with E-state index in [1.165, 1.54) is 17.3 Å². The number of nitrogens with zero attached hydrogens (tertiary/aromatic N) is 2. The monoisotopic (exact) mass is 384 g/mol. The van der Waals surface area contributed by atoms with Crippen LogP contribution in [-0.2, 0) is 11.3 Å². The molecule has 0 N–H and O–H groups in total. The van der Waals surface area contributed by atoms with Gasteiger partial charge in [-0.2, -0.15) is 0 Å². The molecule has 1 saturated heterocycles. The van der Waals surface area contributed by atoms with Crippen molar-refractivity contribution in [3.8, 4) is 0 Å². The van der Waals surface area contributed by atoms with Gasteiger partial charge in [0.2, 0.25) is 0 Å². The first-order valence-corrected chi connectivity index (χ1v) is 9.96. The van der Waals surface area contributed by atoms with Crippen molar-refractivity contribution in [2.24, 2.45) is 4.99 Å². The number of aliphatic imine (C=N–C) groups is 1. The number of para-hydroxylation sites is 1. The van der Waals surface area contributed by atoms with Gasteiger partial charge in [0.15, 0.2) is 5.17 Å². The maximum Gasteiger partial charge on any atom is 0.267 e. The van der Waals surface area contributed by atoms with E-state index >= 15 is 0 Å². The first kappa shape index (κ1) is 18.3. The van der Waals surface area contributed by atoms with Gasteiger partial charge in [0.05, 0.1) is 17.1 Å². The second-order valence-electron chi connectivity index (χ2n) is 6.63. The van der Waals surface area contributed by atoms with E-state index in [1.54, 1.807) is 4.90 Å². The summed E-state index contributed by atoms with van der Waals surface area (Å²) in [6, 6.07) is 27.9. The van der Waals surface area contributed by atoms with Crippen molar-refractivity contribution in [1.29, 1.82) is 0 Å². The molecule has 28 heavy (non-hydrogen) atoms. The molecular weight excluding hydrogens is 364 g/mol.